The molecule has 1 atom stereocenters. The van der Waals surface area contributed by atoms with E-state index in [0.29, 0.717) is 11.9 Å². The topological polar surface area (TPSA) is 63.0 Å². The first-order valence-corrected chi connectivity index (χ1v) is 7.00. The highest BCUT2D eigenvalue weighted by molar-refractivity contribution is 9.10. The second-order valence-electron chi connectivity index (χ2n) is 4.26. The van der Waals surface area contributed by atoms with Crippen molar-refractivity contribution in [2.24, 2.45) is 0 Å². The van der Waals surface area contributed by atoms with Gasteiger partial charge >= 0.3 is 6.01 Å². The Kier molecular flexibility index (Phi) is 4.55. The summed E-state index contributed by atoms with van der Waals surface area (Å²) in [5.41, 5.74) is 2.04. The van der Waals surface area contributed by atoms with Crippen molar-refractivity contribution in [2.75, 3.05) is 11.9 Å². The average molecular weight is 325 g/mol. The molecule has 0 bridgehead atoms. The summed E-state index contributed by atoms with van der Waals surface area (Å²) in [6.07, 6.45) is 0. The fourth-order valence-corrected chi connectivity index (χ4v) is 2.08. The van der Waals surface area contributed by atoms with Crippen LogP contribution in [0.15, 0.2) is 27.1 Å². The number of nitrogens with zero attached hydrogens (tertiary/aromatic N) is 2. The van der Waals surface area contributed by atoms with Gasteiger partial charge in [-0.1, -0.05) is 34.0 Å². The zero-order chi connectivity index (χ0) is 13.8. The molecule has 2 aromatic rings. The second kappa shape index (κ2) is 6.16. The molecular formula is C13H17BrN4O. The van der Waals surface area contributed by atoms with Gasteiger partial charge in [-0.2, -0.15) is 0 Å². The summed E-state index contributed by atoms with van der Waals surface area (Å²) in [5, 5.41) is 14.4. The van der Waals surface area contributed by atoms with E-state index in [9.17, 15) is 0 Å². The lowest BCUT2D eigenvalue weighted by Gasteiger charge is -2.08. The first-order valence-electron chi connectivity index (χ1n) is 6.20. The van der Waals surface area contributed by atoms with Gasteiger partial charge in [0.25, 0.3) is 0 Å². The highest BCUT2D eigenvalue weighted by atomic mass is 79.9. The van der Waals surface area contributed by atoms with Crippen molar-refractivity contribution in [1.29, 1.82) is 0 Å². The Morgan fingerprint density at radius 2 is 2.16 bits per heavy atom. The maximum atomic E-state index is 5.59. The van der Waals surface area contributed by atoms with E-state index >= 15 is 0 Å². The molecular weight excluding hydrogens is 308 g/mol. The van der Waals surface area contributed by atoms with Crippen molar-refractivity contribution in [1.82, 2.24) is 15.5 Å². The summed E-state index contributed by atoms with van der Waals surface area (Å²) in [6.45, 7) is 6.91. The number of rotatable bonds is 5. The van der Waals surface area contributed by atoms with Crippen molar-refractivity contribution in [2.45, 2.75) is 26.8 Å². The molecule has 2 N–H and O–H groups in total. The van der Waals surface area contributed by atoms with Crippen molar-refractivity contribution in [3.63, 3.8) is 0 Å². The molecule has 0 aliphatic heterocycles. The van der Waals surface area contributed by atoms with Gasteiger partial charge in [-0.05, 0) is 38.1 Å². The predicted molar refractivity (Wildman–Crippen MR) is 78.6 cm³/mol. The second-order valence-corrected chi connectivity index (χ2v) is 5.12. The van der Waals surface area contributed by atoms with Gasteiger partial charge in [0.05, 0.1) is 6.04 Å². The Morgan fingerprint density at radius 3 is 2.89 bits per heavy atom. The smallest absolute Gasteiger partial charge is 0.320 e. The largest absolute Gasteiger partial charge is 0.406 e. The highest BCUT2D eigenvalue weighted by Crippen LogP contribution is 2.26. The highest BCUT2D eigenvalue weighted by Gasteiger charge is 2.13. The van der Waals surface area contributed by atoms with Gasteiger partial charge in [0.1, 0.15) is 0 Å². The van der Waals surface area contributed by atoms with E-state index in [1.807, 2.05) is 39.0 Å². The Labute approximate surface area is 120 Å². The van der Waals surface area contributed by atoms with E-state index in [4.69, 9.17) is 4.42 Å². The Hall–Kier alpha value is -1.40. The minimum absolute atomic E-state index is 0.0525. The molecule has 0 aliphatic carbocycles. The fraction of sp³-hybridized carbons (Fsp3) is 0.385. The molecule has 2 rings (SSSR count). The number of hydrogen-bond acceptors (Lipinski definition) is 5. The third kappa shape index (κ3) is 3.33. The number of hydrogen-bond donors (Lipinski definition) is 2. The molecule has 1 aromatic carbocycles. The van der Waals surface area contributed by atoms with E-state index in [0.717, 1.165) is 22.3 Å². The van der Waals surface area contributed by atoms with Crippen LogP contribution in [0.4, 0.5) is 11.7 Å². The summed E-state index contributed by atoms with van der Waals surface area (Å²) in [5.74, 6) is 0.581. The van der Waals surface area contributed by atoms with Gasteiger partial charge in [0, 0.05) is 10.2 Å². The molecule has 1 aromatic heterocycles. The molecule has 0 amide bonds. The molecule has 19 heavy (non-hydrogen) atoms. The summed E-state index contributed by atoms with van der Waals surface area (Å²) in [7, 11) is 0. The molecule has 0 aliphatic rings. The van der Waals surface area contributed by atoms with E-state index in [-0.39, 0.29) is 6.04 Å². The number of nitrogens with one attached hydrogen (secondary N) is 2. The average Bonchev–Trinajstić information content (AvgIpc) is 2.84. The van der Waals surface area contributed by atoms with Gasteiger partial charge in [-0.3, -0.25) is 0 Å². The molecule has 1 heterocycles. The van der Waals surface area contributed by atoms with Crippen molar-refractivity contribution < 1.29 is 4.42 Å². The van der Waals surface area contributed by atoms with Crippen LogP contribution in [0.2, 0.25) is 0 Å². The SMILES string of the molecule is CCNC(C)c1nnc(Nc2cccc(Br)c2C)o1. The van der Waals surface area contributed by atoms with Gasteiger partial charge in [0.15, 0.2) is 0 Å². The Balaban J connectivity index is 2.14. The van der Waals surface area contributed by atoms with E-state index in [1.165, 1.54) is 0 Å². The van der Waals surface area contributed by atoms with Crippen LogP contribution in [0.5, 0.6) is 0 Å². The predicted octanol–water partition coefficient (Wildman–Crippen LogP) is 3.55. The van der Waals surface area contributed by atoms with Crippen LogP contribution in [0.3, 0.4) is 0 Å². The maximum absolute atomic E-state index is 5.59. The normalized spacial score (nSPS) is 12.4. The monoisotopic (exact) mass is 324 g/mol. The molecule has 6 heteroatoms. The van der Waals surface area contributed by atoms with Crippen LogP contribution >= 0.6 is 15.9 Å². The molecule has 0 radical (unpaired) electrons. The van der Waals surface area contributed by atoms with Gasteiger partial charge in [-0.25, -0.2) is 0 Å². The number of benzene rings is 1. The molecule has 0 saturated heterocycles. The van der Waals surface area contributed by atoms with Crippen LogP contribution < -0.4 is 10.6 Å². The number of halogens is 1. The van der Waals surface area contributed by atoms with Crippen LogP contribution in [0.1, 0.15) is 31.3 Å². The van der Waals surface area contributed by atoms with Crippen LogP contribution in [-0.2, 0) is 0 Å². The lowest BCUT2D eigenvalue weighted by Crippen LogP contribution is -2.17. The minimum Gasteiger partial charge on any atom is -0.406 e. The molecule has 1 unspecified atom stereocenters. The van der Waals surface area contributed by atoms with E-state index in [2.05, 4.69) is 36.8 Å². The maximum Gasteiger partial charge on any atom is 0.320 e. The fourth-order valence-electron chi connectivity index (χ4n) is 1.71. The van der Waals surface area contributed by atoms with E-state index < -0.39 is 0 Å². The van der Waals surface area contributed by atoms with Crippen molar-refractivity contribution >= 4 is 27.6 Å². The number of aromatic nitrogens is 2. The molecule has 0 saturated carbocycles. The third-order valence-corrected chi connectivity index (χ3v) is 3.69. The molecule has 5 nitrogen and oxygen atoms in total. The van der Waals surface area contributed by atoms with Crippen molar-refractivity contribution in [3.8, 4) is 0 Å². The summed E-state index contributed by atoms with van der Waals surface area (Å²) >= 11 is 3.49. The van der Waals surface area contributed by atoms with Gasteiger partial charge in [0.2, 0.25) is 5.89 Å². The zero-order valence-electron chi connectivity index (χ0n) is 11.2. The molecule has 0 fully saturated rings. The first-order chi connectivity index (χ1) is 9.11. The quantitative estimate of drug-likeness (QED) is 0.880. The lowest BCUT2D eigenvalue weighted by atomic mass is 10.2. The van der Waals surface area contributed by atoms with E-state index in [1.54, 1.807) is 0 Å². The third-order valence-electron chi connectivity index (χ3n) is 2.83. The standard InChI is InChI=1S/C13H17BrN4O/c1-4-15-9(3)12-17-18-13(19-12)16-11-7-5-6-10(14)8(11)2/h5-7,9,15H,4H2,1-3H3,(H,16,18). The number of anilines is 2. The van der Waals surface area contributed by atoms with Gasteiger partial charge < -0.3 is 15.1 Å². The minimum atomic E-state index is 0.0525. The summed E-state index contributed by atoms with van der Waals surface area (Å²) in [6, 6.07) is 6.38. The van der Waals surface area contributed by atoms with Crippen LogP contribution in [0.25, 0.3) is 0 Å². The first kappa shape index (κ1) is 14.0. The summed E-state index contributed by atoms with van der Waals surface area (Å²) in [4.78, 5) is 0. The summed E-state index contributed by atoms with van der Waals surface area (Å²) < 4.78 is 6.63. The zero-order valence-corrected chi connectivity index (χ0v) is 12.8. The van der Waals surface area contributed by atoms with Crippen LogP contribution in [0, 0.1) is 6.92 Å². The Bertz CT molecular complexity index is 555. The Morgan fingerprint density at radius 1 is 1.37 bits per heavy atom. The van der Waals surface area contributed by atoms with Crippen molar-refractivity contribution in [3.05, 3.63) is 34.1 Å². The molecule has 102 valence electrons. The lowest BCUT2D eigenvalue weighted by molar-refractivity contribution is 0.430. The van der Waals surface area contributed by atoms with Gasteiger partial charge in [-0.15, -0.1) is 5.10 Å². The molecule has 0 spiro atoms. The van der Waals surface area contributed by atoms with Crippen LogP contribution in [-0.4, -0.2) is 16.7 Å².